The molecule has 55 heavy (non-hydrogen) atoms. The van der Waals surface area contributed by atoms with Gasteiger partial charge in [-0.25, -0.2) is 4.79 Å². The Bertz CT molecular complexity index is 1560. The molecular weight excluding hydrogens is 727 g/mol. The van der Waals surface area contributed by atoms with Gasteiger partial charge in [0.25, 0.3) is 0 Å². The molecule has 3 unspecified atom stereocenters. The number of nitrogens with zero attached hydrogens (tertiary/aromatic N) is 2. The highest BCUT2D eigenvalue weighted by Crippen LogP contribution is 2.43. The Labute approximate surface area is 329 Å². The first-order chi connectivity index (χ1) is 26.0. The summed E-state index contributed by atoms with van der Waals surface area (Å²) in [5.74, 6) is -1.56. The number of nitrogens with two attached hydrogens (primary N) is 1. The Kier molecular flexibility index (Phi) is 20.3. The molecule has 1 aromatic carbocycles. The second kappa shape index (κ2) is 23.7. The molecule has 0 spiro atoms. The molecule has 0 fully saturated rings. The standard InChI is InChI=1S/C39H63N7O8S/c1-8-14-26(5)42-38(53)54-24-27-17-19-28(20-18-27)43-34(49)29(15-13-21-41-37(40)52)44-35(50)33(25(3)4)45-31(47)16-11-10-12-22-46-32(48)23-30(36(46)51)55-39(6,7)9-2/h17-20,23,25,29,33,37,41,48,51-52H,8-16,21-22,24,40H2,1-7H3,(H,43,49)(H,44,50)(H,45,47). The van der Waals surface area contributed by atoms with Crippen molar-refractivity contribution in [3.63, 3.8) is 0 Å². The van der Waals surface area contributed by atoms with Gasteiger partial charge in [0, 0.05) is 35.2 Å². The molecule has 1 aromatic heterocycles. The highest BCUT2D eigenvalue weighted by Gasteiger charge is 2.29. The number of aliphatic imine (C=N–C) groups is 1. The van der Waals surface area contributed by atoms with Gasteiger partial charge in [0.05, 0.1) is 4.90 Å². The van der Waals surface area contributed by atoms with E-state index < -0.39 is 36.3 Å². The lowest BCUT2D eigenvalue weighted by Crippen LogP contribution is -2.54. The smallest absolute Gasteiger partial charge is 0.433 e. The van der Waals surface area contributed by atoms with Crippen molar-refractivity contribution in [1.29, 1.82) is 0 Å². The van der Waals surface area contributed by atoms with Crippen LogP contribution in [0.25, 0.3) is 0 Å². The zero-order valence-corrected chi connectivity index (χ0v) is 34.3. The van der Waals surface area contributed by atoms with Crippen molar-refractivity contribution in [3.05, 3.63) is 35.9 Å². The highest BCUT2D eigenvalue weighted by molar-refractivity contribution is 8.00. The normalized spacial score (nSPS) is 13.6. The van der Waals surface area contributed by atoms with E-state index in [1.54, 1.807) is 51.1 Å². The molecule has 0 aliphatic rings. The first-order valence-corrected chi connectivity index (χ1v) is 20.0. The first kappa shape index (κ1) is 47.0. The van der Waals surface area contributed by atoms with Gasteiger partial charge in [-0.05, 0) is 75.6 Å². The van der Waals surface area contributed by atoms with Crippen LogP contribution in [-0.2, 0) is 32.3 Å². The molecule has 16 heteroatoms. The summed E-state index contributed by atoms with van der Waals surface area (Å²) >= 11 is 1.51. The Morgan fingerprint density at radius 1 is 0.982 bits per heavy atom. The zero-order chi connectivity index (χ0) is 41.1. The number of carbonyl (C=O) groups excluding carboxylic acids is 4. The van der Waals surface area contributed by atoms with Gasteiger partial charge >= 0.3 is 6.09 Å². The van der Waals surface area contributed by atoms with Crippen LogP contribution in [0.3, 0.4) is 0 Å². The Hall–Kier alpha value is -4.12. The number of carbonyl (C=O) groups is 4. The van der Waals surface area contributed by atoms with Gasteiger partial charge in [0.2, 0.25) is 23.6 Å². The van der Waals surface area contributed by atoms with Crippen LogP contribution in [-0.4, -0.2) is 79.1 Å². The van der Waals surface area contributed by atoms with Crippen LogP contribution in [0.1, 0.15) is 112 Å². The number of nitrogens with one attached hydrogen (secondary N) is 4. The number of aliphatic hydroxyl groups is 1. The maximum absolute atomic E-state index is 13.5. The number of unbranched alkanes of at least 4 members (excludes halogenated alkanes) is 2. The third-order valence-corrected chi connectivity index (χ3v) is 10.3. The van der Waals surface area contributed by atoms with Crippen LogP contribution < -0.4 is 27.0 Å². The van der Waals surface area contributed by atoms with E-state index in [4.69, 9.17) is 10.5 Å². The monoisotopic (exact) mass is 789 g/mol. The molecule has 3 atom stereocenters. The number of aromatic hydroxyl groups is 2. The number of thioether (sulfide) groups is 1. The molecule has 4 amide bonds. The van der Waals surface area contributed by atoms with E-state index in [1.807, 2.05) is 6.92 Å². The number of aromatic nitrogens is 1. The van der Waals surface area contributed by atoms with E-state index in [0.29, 0.717) is 60.5 Å². The molecule has 0 radical (unpaired) electrons. The molecular formula is C39H63N7O8S. The summed E-state index contributed by atoms with van der Waals surface area (Å²) in [5.41, 5.74) is 7.22. The third kappa shape index (κ3) is 17.5. The number of ether oxygens (including phenoxy) is 1. The number of benzene rings is 1. The van der Waals surface area contributed by atoms with Crippen LogP contribution in [0.4, 0.5) is 10.5 Å². The molecule has 0 saturated heterocycles. The molecule has 1 heterocycles. The number of aliphatic hydroxyl groups excluding tert-OH is 1. The van der Waals surface area contributed by atoms with E-state index in [-0.39, 0.29) is 54.3 Å². The zero-order valence-electron chi connectivity index (χ0n) is 33.4. The number of anilines is 1. The maximum Gasteiger partial charge on any atom is 0.433 e. The van der Waals surface area contributed by atoms with Gasteiger partial charge in [-0.3, -0.25) is 30.0 Å². The summed E-state index contributed by atoms with van der Waals surface area (Å²) in [6, 6.07) is 6.42. The first-order valence-electron chi connectivity index (χ1n) is 19.1. The largest absolute Gasteiger partial charge is 0.494 e. The average Bonchev–Trinajstić information content (AvgIpc) is 3.37. The number of rotatable bonds is 24. The fraction of sp³-hybridized carbons (Fsp3) is 0.615. The summed E-state index contributed by atoms with van der Waals surface area (Å²) in [7, 11) is 0. The van der Waals surface area contributed by atoms with Crippen LogP contribution in [0.15, 0.2) is 40.2 Å². The SMILES string of the molecule is CCCC(C)=NC(=O)OCc1ccc(NC(=O)C(CCCNC(N)O)NC(=O)C(NC(=O)CCCCCn2c(O)cc(SC(C)(C)CC)c2O)C(C)C)cc1. The molecule has 308 valence electrons. The van der Waals surface area contributed by atoms with Gasteiger partial charge in [0.1, 0.15) is 18.7 Å². The minimum atomic E-state index is -1.23. The van der Waals surface area contributed by atoms with Crippen molar-refractivity contribution in [2.45, 2.75) is 147 Å². The van der Waals surface area contributed by atoms with Crippen molar-refractivity contribution in [1.82, 2.24) is 20.5 Å². The lowest BCUT2D eigenvalue weighted by molar-refractivity contribution is -0.132. The predicted molar refractivity (Wildman–Crippen MR) is 216 cm³/mol. The van der Waals surface area contributed by atoms with Gasteiger partial charge in [-0.15, -0.1) is 11.8 Å². The fourth-order valence-electron chi connectivity index (χ4n) is 5.43. The quantitative estimate of drug-likeness (QED) is 0.0286. The lowest BCUT2D eigenvalue weighted by Gasteiger charge is -2.25. The fourth-order valence-corrected chi connectivity index (χ4v) is 6.54. The van der Waals surface area contributed by atoms with Crippen molar-refractivity contribution in [2.24, 2.45) is 16.6 Å². The summed E-state index contributed by atoms with van der Waals surface area (Å²) < 4.78 is 6.60. The van der Waals surface area contributed by atoms with Gasteiger partial charge in [0.15, 0.2) is 12.2 Å². The van der Waals surface area contributed by atoms with E-state index in [0.717, 1.165) is 12.8 Å². The highest BCUT2D eigenvalue weighted by atomic mass is 32.2. The molecule has 0 aliphatic heterocycles. The summed E-state index contributed by atoms with van der Waals surface area (Å²) in [6.07, 6.45) is 3.17. The minimum absolute atomic E-state index is 0.00717. The lowest BCUT2D eigenvalue weighted by atomic mass is 10.0. The maximum atomic E-state index is 13.5. The summed E-state index contributed by atoms with van der Waals surface area (Å²) in [6.45, 7) is 14.3. The predicted octanol–water partition coefficient (Wildman–Crippen LogP) is 5.51. The number of amides is 4. The number of hydrogen-bond acceptors (Lipinski definition) is 11. The van der Waals surface area contributed by atoms with Gasteiger partial charge in [-0.2, -0.15) is 4.99 Å². The van der Waals surface area contributed by atoms with Crippen molar-refractivity contribution < 1.29 is 39.2 Å². The van der Waals surface area contributed by atoms with E-state index in [9.17, 15) is 34.5 Å². The molecule has 0 aliphatic carbocycles. The van der Waals surface area contributed by atoms with Crippen LogP contribution in [0.5, 0.6) is 11.8 Å². The second-order valence-electron chi connectivity index (χ2n) is 14.6. The van der Waals surface area contributed by atoms with E-state index in [2.05, 4.69) is 47.0 Å². The summed E-state index contributed by atoms with van der Waals surface area (Å²) in [4.78, 5) is 56.4. The Balaban J connectivity index is 1.96. The Morgan fingerprint density at radius 3 is 2.29 bits per heavy atom. The van der Waals surface area contributed by atoms with E-state index in [1.165, 1.54) is 16.3 Å². The van der Waals surface area contributed by atoms with Crippen molar-refractivity contribution >= 4 is 47.0 Å². The minimum Gasteiger partial charge on any atom is -0.494 e. The topological polar surface area (TPSA) is 230 Å². The molecule has 2 aromatic rings. The molecule has 9 N–H and O–H groups in total. The molecule has 15 nitrogen and oxygen atoms in total. The third-order valence-electron chi connectivity index (χ3n) is 8.94. The van der Waals surface area contributed by atoms with Crippen LogP contribution in [0, 0.1) is 5.92 Å². The van der Waals surface area contributed by atoms with Gasteiger partial charge < -0.3 is 36.0 Å². The van der Waals surface area contributed by atoms with E-state index >= 15 is 0 Å². The van der Waals surface area contributed by atoms with Crippen LogP contribution in [0.2, 0.25) is 0 Å². The molecule has 2 rings (SSSR count). The number of hydrogen-bond donors (Lipinski definition) is 8. The molecule has 0 bridgehead atoms. The van der Waals surface area contributed by atoms with Gasteiger partial charge in [-0.1, -0.05) is 66.5 Å². The van der Waals surface area contributed by atoms with Crippen molar-refractivity contribution in [2.75, 3.05) is 11.9 Å². The van der Waals surface area contributed by atoms with Crippen molar-refractivity contribution in [3.8, 4) is 11.8 Å². The average molecular weight is 790 g/mol. The Morgan fingerprint density at radius 2 is 1.67 bits per heavy atom. The van der Waals surface area contributed by atoms with Crippen LogP contribution >= 0.6 is 11.8 Å². The second-order valence-corrected chi connectivity index (χ2v) is 16.3. The molecule has 0 saturated carbocycles. The summed E-state index contributed by atoms with van der Waals surface area (Å²) in [5, 5.41) is 41.5.